The maximum Gasteiger partial charge on any atom is 0.0799 e. The van der Waals surface area contributed by atoms with Crippen molar-refractivity contribution in [1.29, 1.82) is 0 Å². The number of rotatable bonds is 7. The van der Waals surface area contributed by atoms with E-state index in [1.54, 1.807) is 0 Å². The van der Waals surface area contributed by atoms with Crippen LogP contribution in [0.3, 0.4) is 0 Å². The van der Waals surface area contributed by atoms with Crippen molar-refractivity contribution >= 4 is 0 Å². The summed E-state index contributed by atoms with van der Waals surface area (Å²) in [5.74, 6) is 0. The maximum absolute atomic E-state index is 5.97. The average molecular weight is 230 g/mol. The molecule has 0 amide bonds. The first kappa shape index (κ1) is 13.9. The lowest BCUT2D eigenvalue weighted by atomic mass is 9.97. The second-order valence-corrected chi connectivity index (χ2v) is 4.40. The first-order chi connectivity index (χ1) is 7.76. The zero-order valence-corrected chi connectivity index (χ0v) is 10.7. The molecule has 0 aliphatic carbocycles. The van der Waals surface area contributed by atoms with Crippen molar-refractivity contribution in [3.63, 3.8) is 0 Å². The van der Waals surface area contributed by atoms with Crippen LogP contribution in [0.5, 0.6) is 0 Å². The third-order valence-corrected chi connectivity index (χ3v) is 3.58. The molecule has 2 N–H and O–H groups in total. The van der Waals surface area contributed by atoms with Gasteiger partial charge in [0.2, 0.25) is 0 Å². The highest BCUT2D eigenvalue weighted by atomic mass is 16.5. The van der Waals surface area contributed by atoms with Gasteiger partial charge in [-0.3, -0.25) is 4.90 Å². The summed E-state index contributed by atoms with van der Waals surface area (Å²) in [5, 5.41) is 0. The Hall–Kier alpha value is -0.160. The molecule has 0 spiro atoms. The summed E-state index contributed by atoms with van der Waals surface area (Å²) >= 11 is 0. The number of morpholine rings is 1. The van der Waals surface area contributed by atoms with Gasteiger partial charge in [0, 0.05) is 26.2 Å². The molecule has 1 aliphatic heterocycles. The monoisotopic (exact) mass is 230 g/mol. The second kappa shape index (κ2) is 7.22. The molecule has 0 bridgehead atoms. The maximum atomic E-state index is 5.97. The molecule has 0 radical (unpaired) electrons. The molecule has 1 heterocycles. The van der Waals surface area contributed by atoms with Crippen LogP contribution in [0.4, 0.5) is 0 Å². The summed E-state index contributed by atoms with van der Waals surface area (Å²) in [7, 11) is 0. The largest absolute Gasteiger partial charge is 0.379 e. The molecule has 1 fully saturated rings. The average Bonchev–Trinajstić information content (AvgIpc) is 2.37. The Balaban J connectivity index is 2.21. The summed E-state index contributed by atoms with van der Waals surface area (Å²) in [5.41, 5.74) is 5.68. The molecule has 16 heavy (non-hydrogen) atoms. The quantitative estimate of drug-likeness (QED) is 0.704. The molecule has 0 aromatic rings. The molecular formula is C12H26N2O2. The van der Waals surface area contributed by atoms with Crippen LogP contribution < -0.4 is 5.73 Å². The van der Waals surface area contributed by atoms with E-state index in [1.165, 1.54) is 0 Å². The molecule has 1 aliphatic rings. The molecule has 96 valence electrons. The summed E-state index contributed by atoms with van der Waals surface area (Å²) < 4.78 is 11.3. The Kier molecular flexibility index (Phi) is 6.28. The van der Waals surface area contributed by atoms with E-state index in [9.17, 15) is 0 Å². The van der Waals surface area contributed by atoms with Gasteiger partial charge >= 0.3 is 0 Å². The highest BCUT2D eigenvalue weighted by Crippen LogP contribution is 2.18. The molecule has 0 unspecified atom stereocenters. The van der Waals surface area contributed by atoms with Crippen LogP contribution in [-0.2, 0) is 9.47 Å². The van der Waals surface area contributed by atoms with E-state index in [4.69, 9.17) is 15.2 Å². The number of nitrogens with zero attached hydrogens (tertiary/aromatic N) is 1. The Labute approximate surface area is 99.1 Å². The van der Waals surface area contributed by atoms with Gasteiger partial charge < -0.3 is 15.2 Å². The summed E-state index contributed by atoms with van der Waals surface area (Å²) in [6.07, 6.45) is 1.98. The number of ether oxygens (including phenoxy) is 2. The van der Waals surface area contributed by atoms with Gasteiger partial charge in [-0.2, -0.15) is 0 Å². The lowest BCUT2D eigenvalue weighted by Crippen LogP contribution is -2.43. The van der Waals surface area contributed by atoms with Gasteiger partial charge in [0.05, 0.1) is 25.4 Å². The van der Waals surface area contributed by atoms with E-state index < -0.39 is 0 Å². The fourth-order valence-corrected chi connectivity index (χ4v) is 2.02. The topological polar surface area (TPSA) is 47.7 Å². The Morgan fingerprint density at radius 3 is 2.38 bits per heavy atom. The minimum atomic E-state index is -0.105. The van der Waals surface area contributed by atoms with E-state index in [-0.39, 0.29) is 5.60 Å². The van der Waals surface area contributed by atoms with Crippen LogP contribution in [0.25, 0.3) is 0 Å². The van der Waals surface area contributed by atoms with Crippen LogP contribution in [0.1, 0.15) is 26.7 Å². The lowest BCUT2D eigenvalue weighted by molar-refractivity contribution is -0.0590. The van der Waals surface area contributed by atoms with Crippen molar-refractivity contribution < 1.29 is 9.47 Å². The third kappa shape index (κ3) is 4.01. The molecule has 1 rings (SSSR count). The molecule has 0 saturated carbocycles. The van der Waals surface area contributed by atoms with Crippen molar-refractivity contribution in [3.05, 3.63) is 0 Å². The predicted molar refractivity (Wildman–Crippen MR) is 65.6 cm³/mol. The van der Waals surface area contributed by atoms with Crippen molar-refractivity contribution in [3.8, 4) is 0 Å². The van der Waals surface area contributed by atoms with Gasteiger partial charge in [-0.15, -0.1) is 0 Å². The summed E-state index contributed by atoms with van der Waals surface area (Å²) in [4.78, 5) is 2.39. The first-order valence-electron chi connectivity index (χ1n) is 6.40. The third-order valence-electron chi connectivity index (χ3n) is 3.58. The Morgan fingerprint density at radius 1 is 1.25 bits per heavy atom. The molecule has 4 nitrogen and oxygen atoms in total. The fourth-order valence-electron chi connectivity index (χ4n) is 2.02. The van der Waals surface area contributed by atoms with E-state index in [0.29, 0.717) is 6.54 Å². The molecule has 0 aromatic carbocycles. The van der Waals surface area contributed by atoms with E-state index in [2.05, 4.69) is 18.7 Å². The molecule has 0 atom stereocenters. The minimum absolute atomic E-state index is 0.105. The van der Waals surface area contributed by atoms with Gasteiger partial charge in [-0.1, -0.05) is 13.8 Å². The van der Waals surface area contributed by atoms with Gasteiger partial charge in [0.1, 0.15) is 0 Å². The summed E-state index contributed by atoms with van der Waals surface area (Å²) in [6.45, 7) is 10.4. The Bertz CT molecular complexity index is 170. The smallest absolute Gasteiger partial charge is 0.0799 e. The number of nitrogens with two attached hydrogens (primary N) is 1. The molecule has 4 heteroatoms. The molecular weight excluding hydrogens is 204 g/mol. The normalized spacial score (nSPS) is 18.9. The van der Waals surface area contributed by atoms with Crippen molar-refractivity contribution in [2.75, 3.05) is 46.0 Å². The van der Waals surface area contributed by atoms with Crippen molar-refractivity contribution in [2.45, 2.75) is 32.3 Å². The van der Waals surface area contributed by atoms with Crippen LogP contribution in [-0.4, -0.2) is 56.5 Å². The van der Waals surface area contributed by atoms with Gasteiger partial charge in [0.25, 0.3) is 0 Å². The molecule has 0 aromatic heterocycles. The molecule has 1 saturated heterocycles. The summed E-state index contributed by atoms with van der Waals surface area (Å²) in [6, 6.07) is 0. The van der Waals surface area contributed by atoms with E-state index >= 15 is 0 Å². The number of hydrogen-bond donors (Lipinski definition) is 1. The van der Waals surface area contributed by atoms with Crippen LogP contribution >= 0.6 is 0 Å². The van der Waals surface area contributed by atoms with Crippen molar-refractivity contribution in [1.82, 2.24) is 4.90 Å². The van der Waals surface area contributed by atoms with E-state index in [1.807, 2.05) is 0 Å². The van der Waals surface area contributed by atoms with Gasteiger partial charge in [-0.25, -0.2) is 0 Å². The van der Waals surface area contributed by atoms with Crippen LogP contribution in [0.2, 0.25) is 0 Å². The highest BCUT2D eigenvalue weighted by Gasteiger charge is 2.25. The van der Waals surface area contributed by atoms with Crippen LogP contribution in [0.15, 0.2) is 0 Å². The standard InChI is InChI=1S/C12H26N2O2/c1-3-12(4-2,11-13)16-10-7-14-5-8-15-9-6-14/h3-11,13H2,1-2H3. The van der Waals surface area contributed by atoms with Crippen molar-refractivity contribution in [2.24, 2.45) is 5.73 Å². The fraction of sp³-hybridized carbons (Fsp3) is 1.00. The first-order valence-corrected chi connectivity index (χ1v) is 6.40. The van der Waals surface area contributed by atoms with E-state index in [0.717, 1.165) is 52.3 Å². The highest BCUT2D eigenvalue weighted by molar-refractivity contribution is 4.78. The zero-order valence-electron chi connectivity index (χ0n) is 10.7. The lowest BCUT2D eigenvalue weighted by Gasteiger charge is -2.32. The second-order valence-electron chi connectivity index (χ2n) is 4.40. The predicted octanol–water partition coefficient (Wildman–Crippen LogP) is 0.853. The number of hydrogen-bond acceptors (Lipinski definition) is 4. The van der Waals surface area contributed by atoms with Gasteiger partial charge in [0.15, 0.2) is 0 Å². The minimum Gasteiger partial charge on any atom is -0.379 e. The SMILES string of the molecule is CCC(CC)(CN)OCCN1CCOCC1. The van der Waals surface area contributed by atoms with Gasteiger partial charge in [-0.05, 0) is 12.8 Å². The Morgan fingerprint density at radius 2 is 1.88 bits per heavy atom. The zero-order chi connectivity index (χ0) is 11.9. The van der Waals surface area contributed by atoms with Crippen LogP contribution in [0, 0.1) is 0 Å².